The van der Waals surface area contributed by atoms with E-state index in [1.54, 1.807) is 7.11 Å². The summed E-state index contributed by atoms with van der Waals surface area (Å²) in [6.07, 6.45) is 3.59. The zero-order valence-electron chi connectivity index (χ0n) is 12.1. The van der Waals surface area contributed by atoms with Crippen LogP contribution in [0.25, 0.3) is 0 Å². The van der Waals surface area contributed by atoms with E-state index in [4.69, 9.17) is 9.47 Å². The zero-order valence-corrected chi connectivity index (χ0v) is 12.1. The number of ether oxygens (including phenoxy) is 2. The van der Waals surface area contributed by atoms with Gasteiger partial charge in [-0.2, -0.15) is 5.26 Å². The molecule has 0 fully saturated rings. The maximum absolute atomic E-state index is 9.25. The van der Waals surface area contributed by atoms with Crippen molar-refractivity contribution in [2.24, 2.45) is 5.41 Å². The minimum Gasteiger partial charge on any atom is -0.497 e. The summed E-state index contributed by atoms with van der Waals surface area (Å²) < 4.78 is 10.8. The fraction of sp³-hybridized carbons (Fsp3) is 0.562. The van der Waals surface area contributed by atoms with Crippen LogP contribution in [-0.4, -0.2) is 13.7 Å². The summed E-state index contributed by atoms with van der Waals surface area (Å²) in [7, 11) is 1.64. The third-order valence-corrected chi connectivity index (χ3v) is 3.70. The second-order valence-electron chi connectivity index (χ2n) is 4.73. The lowest BCUT2D eigenvalue weighted by Gasteiger charge is -2.23. The van der Waals surface area contributed by atoms with Gasteiger partial charge in [0.1, 0.15) is 11.5 Å². The fourth-order valence-corrected chi connectivity index (χ4v) is 2.11. The van der Waals surface area contributed by atoms with Gasteiger partial charge in [0.2, 0.25) is 0 Å². The molecule has 0 heterocycles. The number of hydrogen-bond donors (Lipinski definition) is 0. The van der Waals surface area contributed by atoms with Gasteiger partial charge in [0.15, 0.2) is 0 Å². The normalized spacial score (nSPS) is 10.8. The Labute approximate surface area is 116 Å². The first kappa shape index (κ1) is 15.4. The highest BCUT2D eigenvalue weighted by Gasteiger charge is 2.24. The van der Waals surface area contributed by atoms with Gasteiger partial charge in [-0.15, -0.1) is 0 Å². The second kappa shape index (κ2) is 7.68. The molecule has 0 atom stereocenters. The van der Waals surface area contributed by atoms with Gasteiger partial charge in [-0.3, -0.25) is 0 Å². The number of nitrogens with zero attached hydrogens (tertiary/aromatic N) is 1. The highest BCUT2D eigenvalue weighted by Crippen LogP contribution is 2.31. The first-order valence-corrected chi connectivity index (χ1v) is 6.88. The van der Waals surface area contributed by atoms with Gasteiger partial charge in [-0.05, 0) is 37.8 Å². The van der Waals surface area contributed by atoms with Crippen LogP contribution >= 0.6 is 0 Å². The van der Waals surface area contributed by atoms with Crippen molar-refractivity contribution in [3.8, 4) is 17.6 Å². The smallest absolute Gasteiger partial charge is 0.122 e. The zero-order chi connectivity index (χ0) is 14.1. The summed E-state index contributed by atoms with van der Waals surface area (Å²) in [6.45, 7) is 4.79. The topological polar surface area (TPSA) is 42.2 Å². The summed E-state index contributed by atoms with van der Waals surface area (Å²) in [5, 5.41) is 9.25. The van der Waals surface area contributed by atoms with E-state index >= 15 is 0 Å². The minimum atomic E-state index is -0.183. The second-order valence-corrected chi connectivity index (χ2v) is 4.73. The molecule has 0 radical (unpaired) electrons. The molecule has 0 spiro atoms. The van der Waals surface area contributed by atoms with Crippen LogP contribution in [0.1, 0.15) is 39.5 Å². The van der Waals surface area contributed by atoms with Crippen LogP contribution in [0.3, 0.4) is 0 Å². The van der Waals surface area contributed by atoms with Gasteiger partial charge in [0.05, 0.1) is 25.2 Å². The average Bonchev–Trinajstić information content (AvgIpc) is 2.48. The maximum atomic E-state index is 9.25. The lowest BCUT2D eigenvalue weighted by molar-refractivity contribution is 0.258. The largest absolute Gasteiger partial charge is 0.497 e. The molecule has 0 N–H and O–H groups in total. The van der Waals surface area contributed by atoms with Gasteiger partial charge in [-0.25, -0.2) is 0 Å². The molecule has 0 aromatic heterocycles. The van der Waals surface area contributed by atoms with Gasteiger partial charge in [0.25, 0.3) is 0 Å². The van der Waals surface area contributed by atoms with Gasteiger partial charge in [0, 0.05) is 6.07 Å². The predicted octanol–water partition coefficient (Wildman–Crippen LogP) is 4.18. The Hall–Kier alpha value is -1.69. The van der Waals surface area contributed by atoms with Crippen LogP contribution < -0.4 is 9.47 Å². The highest BCUT2D eigenvalue weighted by molar-refractivity contribution is 5.32. The van der Waals surface area contributed by atoms with E-state index in [9.17, 15) is 5.26 Å². The summed E-state index contributed by atoms with van der Waals surface area (Å²) in [4.78, 5) is 0. The van der Waals surface area contributed by atoms with Crippen molar-refractivity contribution in [2.45, 2.75) is 39.5 Å². The van der Waals surface area contributed by atoms with Crippen LogP contribution in [0, 0.1) is 16.7 Å². The van der Waals surface area contributed by atoms with Gasteiger partial charge < -0.3 is 9.47 Å². The molecule has 0 saturated heterocycles. The Morgan fingerprint density at radius 3 is 2.47 bits per heavy atom. The standard InChI is InChI=1S/C16H23NO2/c1-4-16(5-2,13-17)10-7-11-19-15-9-6-8-14(12-15)18-3/h6,8-9,12H,4-5,7,10-11H2,1-3H3. The van der Waals surface area contributed by atoms with E-state index in [1.165, 1.54) is 0 Å². The van der Waals surface area contributed by atoms with Crippen molar-refractivity contribution in [2.75, 3.05) is 13.7 Å². The molecule has 1 aromatic carbocycles. The van der Waals surface area contributed by atoms with Crippen molar-refractivity contribution in [1.82, 2.24) is 0 Å². The summed E-state index contributed by atoms with van der Waals surface area (Å²) >= 11 is 0. The van der Waals surface area contributed by atoms with Crippen molar-refractivity contribution in [3.05, 3.63) is 24.3 Å². The van der Waals surface area contributed by atoms with E-state index in [0.29, 0.717) is 6.61 Å². The van der Waals surface area contributed by atoms with E-state index in [0.717, 1.165) is 37.2 Å². The van der Waals surface area contributed by atoms with Crippen LogP contribution in [0.15, 0.2) is 24.3 Å². The molecule has 3 nitrogen and oxygen atoms in total. The van der Waals surface area contributed by atoms with Crippen LogP contribution in [-0.2, 0) is 0 Å². The number of methoxy groups -OCH3 is 1. The predicted molar refractivity (Wildman–Crippen MR) is 76.4 cm³/mol. The molecule has 0 aliphatic carbocycles. The van der Waals surface area contributed by atoms with Crippen molar-refractivity contribution >= 4 is 0 Å². The van der Waals surface area contributed by atoms with Gasteiger partial charge in [-0.1, -0.05) is 19.9 Å². The lowest BCUT2D eigenvalue weighted by atomic mass is 9.80. The molecular weight excluding hydrogens is 238 g/mol. The van der Waals surface area contributed by atoms with Crippen molar-refractivity contribution < 1.29 is 9.47 Å². The molecule has 0 unspecified atom stereocenters. The van der Waals surface area contributed by atoms with E-state index in [2.05, 4.69) is 19.9 Å². The number of hydrogen-bond acceptors (Lipinski definition) is 3. The number of nitriles is 1. The Bertz CT molecular complexity index is 419. The Balaban J connectivity index is 2.40. The SMILES string of the molecule is CCC(C#N)(CC)CCCOc1cccc(OC)c1. The Morgan fingerprint density at radius 2 is 1.89 bits per heavy atom. The summed E-state index contributed by atoms with van der Waals surface area (Å²) in [6, 6.07) is 10.0. The molecule has 1 rings (SSSR count). The average molecular weight is 261 g/mol. The molecule has 0 amide bonds. The maximum Gasteiger partial charge on any atom is 0.122 e. The first-order valence-electron chi connectivity index (χ1n) is 6.88. The van der Waals surface area contributed by atoms with E-state index in [-0.39, 0.29) is 5.41 Å². The molecule has 104 valence electrons. The molecule has 19 heavy (non-hydrogen) atoms. The Morgan fingerprint density at radius 1 is 1.21 bits per heavy atom. The van der Waals surface area contributed by atoms with E-state index < -0.39 is 0 Å². The highest BCUT2D eigenvalue weighted by atomic mass is 16.5. The fourth-order valence-electron chi connectivity index (χ4n) is 2.11. The molecule has 0 aliphatic heterocycles. The minimum absolute atomic E-state index is 0.183. The Kier molecular flexibility index (Phi) is 6.21. The molecule has 1 aromatic rings. The summed E-state index contributed by atoms with van der Waals surface area (Å²) in [5.41, 5.74) is -0.183. The van der Waals surface area contributed by atoms with Crippen LogP contribution in [0.2, 0.25) is 0 Å². The van der Waals surface area contributed by atoms with Crippen LogP contribution in [0.4, 0.5) is 0 Å². The number of benzene rings is 1. The van der Waals surface area contributed by atoms with Crippen molar-refractivity contribution in [1.29, 1.82) is 5.26 Å². The molecule has 0 aliphatic rings. The monoisotopic (exact) mass is 261 g/mol. The quantitative estimate of drug-likeness (QED) is 0.659. The third kappa shape index (κ3) is 4.48. The molecule has 0 bridgehead atoms. The molecule has 0 saturated carbocycles. The van der Waals surface area contributed by atoms with E-state index in [1.807, 2.05) is 24.3 Å². The van der Waals surface area contributed by atoms with Crippen molar-refractivity contribution in [3.63, 3.8) is 0 Å². The molecule has 3 heteroatoms. The third-order valence-electron chi connectivity index (χ3n) is 3.70. The number of rotatable bonds is 8. The molecular formula is C16H23NO2. The van der Waals surface area contributed by atoms with Crippen LogP contribution in [0.5, 0.6) is 11.5 Å². The lowest BCUT2D eigenvalue weighted by Crippen LogP contribution is -2.17. The van der Waals surface area contributed by atoms with Gasteiger partial charge >= 0.3 is 0 Å². The summed E-state index contributed by atoms with van der Waals surface area (Å²) in [5.74, 6) is 1.61. The first-order chi connectivity index (χ1) is 9.19.